The molecule has 0 radical (unpaired) electrons. The molecule has 0 spiro atoms. The Hall–Kier alpha value is -2.50. The fourth-order valence-corrected chi connectivity index (χ4v) is 2.63. The first-order chi connectivity index (χ1) is 12.1. The van der Waals surface area contributed by atoms with Crippen molar-refractivity contribution in [3.8, 4) is 22.8 Å². The van der Waals surface area contributed by atoms with E-state index in [1.807, 2.05) is 26.2 Å². The third-order valence-corrected chi connectivity index (χ3v) is 3.89. The van der Waals surface area contributed by atoms with Gasteiger partial charge in [0.2, 0.25) is 11.2 Å². The van der Waals surface area contributed by atoms with E-state index in [0.29, 0.717) is 28.9 Å². The zero-order valence-corrected chi connectivity index (χ0v) is 15.6. The van der Waals surface area contributed by atoms with Crippen molar-refractivity contribution in [2.75, 3.05) is 27.2 Å². The van der Waals surface area contributed by atoms with Gasteiger partial charge in [-0.3, -0.25) is 4.79 Å². The van der Waals surface area contributed by atoms with Crippen LogP contribution in [0.3, 0.4) is 0 Å². The number of benzene rings is 2. The van der Waals surface area contributed by atoms with Gasteiger partial charge in [-0.25, -0.2) is 0 Å². The van der Waals surface area contributed by atoms with Crippen LogP contribution in [0, 0.1) is 0 Å². The van der Waals surface area contributed by atoms with E-state index in [0.717, 1.165) is 13.0 Å². The third-order valence-electron chi connectivity index (χ3n) is 3.89. The zero-order chi connectivity index (χ0) is 17.8. The lowest BCUT2D eigenvalue weighted by Crippen LogP contribution is -2.15. The van der Waals surface area contributed by atoms with Crippen molar-refractivity contribution in [2.45, 2.75) is 6.42 Å². The molecule has 3 rings (SSSR count). The minimum atomic E-state index is -0.436. The number of ether oxygens (including phenoxy) is 1. The minimum Gasteiger partial charge on any atom is -0.502 e. The maximum atomic E-state index is 12.3. The lowest BCUT2D eigenvalue weighted by atomic mass is 10.1. The Morgan fingerprint density at radius 3 is 2.65 bits per heavy atom. The molecule has 0 fully saturated rings. The second-order valence-electron chi connectivity index (χ2n) is 6.14. The molecule has 0 aliphatic carbocycles. The number of nitrogens with zero attached hydrogens (tertiary/aromatic N) is 1. The summed E-state index contributed by atoms with van der Waals surface area (Å²) in [6, 6.07) is 14.1. The van der Waals surface area contributed by atoms with Gasteiger partial charge in [-0.2, -0.15) is 0 Å². The van der Waals surface area contributed by atoms with Gasteiger partial charge >= 0.3 is 0 Å². The first-order valence-electron chi connectivity index (χ1n) is 8.19. The van der Waals surface area contributed by atoms with Gasteiger partial charge in [0.15, 0.2) is 5.76 Å². The number of rotatable bonds is 6. The molecule has 0 amide bonds. The summed E-state index contributed by atoms with van der Waals surface area (Å²) in [5.74, 6) is 0.442. The second-order valence-corrected chi connectivity index (χ2v) is 6.14. The highest BCUT2D eigenvalue weighted by Crippen LogP contribution is 2.31. The zero-order valence-electron chi connectivity index (χ0n) is 14.8. The lowest BCUT2D eigenvalue weighted by Gasteiger charge is -2.11. The summed E-state index contributed by atoms with van der Waals surface area (Å²) < 4.78 is 11.5. The highest BCUT2D eigenvalue weighted by atomic mass is 35.5. The van der Waals surface area contributed by atoms with Gasteiger partial charge in [0, 0.05) is 12.1 Å². The topological polar surface area (TPSA) is 62.9 Å². The molecule has 3 aromatic rings. The smallest absolute Gasteiger partial charge is 0.235 e. The molecular formula is C20H22ClNO4. The summed E-state index contributed by atoms with van der Waals surface area (Å²) in [4.78, 5) is 14.4. The molecule has 26 heavy (non-hydrogen) atoms. The Morgan fingerprint density at radius 2 is 1.88 bits per heavy atom. The Morgan fingerprint density at radius 1 is 1.12 bits per heavy atom. The molecule has 138 valence electrons. The van der Waals surface area contributed by atoms with Crippen LogP contribution >= 0.6 is 12.4 Å². The highest BCUT2D eigenvalue weighted by Gasteiger charge is 2.15. The van der Waals surface area contributed by atoms with Crippen molar-refractivity contribution >= 4 is 23.4 Å². The first kappa shape index (κ1) is 19.8. The number of hydrogen-bond acceptors (Lipinski definition) is 5. The van der Waals surface area contributed by atoms with Gasteiger partial charge < -0.3 is 19.2 Å². The van der Waals surface area contributed by atoms with Gasteiger partial charge in [0.1, 0.15) is 11.3 Å². The lowest BCUT2D eigenvalue weighted by molar-refractivity contribution is 0.281. The molecule has 0 unspecified atom stereocenters. The molecule has 2 aromatic carbocycles. The quantitative estimate of drug-likeness (QED) is 0.661. The van der Waals surface area contributed by atoms with E-state index in [1.54, 1.807) is 36.4 Å². The highest BCUT2D eigenvalue weighted by molar-refractivity contribution is 5.85. The predicted octanol–water partition coefficient (Wildman–Crippen LogP) is 3.92. The molecule has 6 heteroatoms. The van der Waals surface area contributed by atoms with Crippen LogP contribution in [0.25, 0.3) is 22.3 Å². The van der Waals surface area contributed by atoms with E-state index in [4.69, 9.17) is 9.15 Å². The van der Waals surface area contributed by atoms with Crippen LogP contribution in [0.15, 0.2) is 57.7 Å². The van der Waals surface area contributed by atoms with E-state index in [2.05, 4.69) is 4.90 Å². The third kappa shape index (κ3) is 4.36. The van der Waals surface area contributed by atoms with Crippen LogP contribution in [0.2, 0.25) is 0 Å². The van der Waals surface area contributed by atoms with Crippen molar-refractivity contribution in [1.82, 2.24) is 4.90 Å². The molecule has 0 saturated carbocycles. The molecule has 0 saturated heterocycles. The first-order valence-corrected chi connectivity index (χ1v) is 8.19. The fourth-order valence-electron chi connectivity index (χ4n) is 2.63. The van der Waals surface area contributed by atoms with E-state index < -0.39 is 5.43 Å². The predicted molar refractivity (Wildman–Crippen MR) is 105 cm³/mol. The summed E-state index contributed by atoms with van der Waals surface area (Å²) in [5, 5.41) is 10.6. The fraction of sp³-hybridized carbons (Fsp3) is 0.250. The molecule has 0 aliphatic heterocycles. The Labute approximate surface area is 158 Å². The van der Waals surface area contributed by atoms with E-state index in [9.17, 15) is 9.90 Å². The average Bonchev–Trinajstić information content (AvgIpc) is 2.62. The number of aromatic hydroxyl groups is 1. The van der Waals surface area contributed by atoms with Gasteiger partial charge in [-0.05, 0) is 44.8 Å². The van der Waals surface area contributed by atoms with Gasteiger partial charge in [0.05, 0.1) is 12.0 Å². The summed E-state index contributed by atoms with van der Waals surface area (Å²) in [6.07, 6.45) is 0.910. The second kappa shape index (κ2) is 8.74. The minimum absolute atomic E-state index is 0. The molecular weight excluding hydrogens is 354 g/mol. The Balaban J connectivity index is 0.00000243. The Kier molecular flexibility index (Phi) is 6.66. The summed E-state index contributed by atoms with van der Waals surface area (Å²) >= 11 is 0. The normalized spacial score (nSPS) is 10.7. The molecule has 1 aromatic heterocycles. The van der Waals surface area contributed by atoms with Crippen LogP contribution in [0.5, 0.6) is 11.5 Å². The van der Waals surface area contributed by atoms with Crippen molar-refractivity contribution in [2.24, 2.45) is 0 Å². The standard InChI is InChI=1S/C20H21NO4.ClH/c1-21(2)11-6-12-24-15-8-5-7-14(13-15)20-19(23)18(22)16-9-3-4-10-17(16)25-20;/h3-5,7-10,13,23H,6,11-12H2,1-2H3;1H. The van der Waals surface area contributed by atoms with Crippen LogP contribution in [-0.2, 0) is 0 Å². The summed E-state index contributed by atoms with van der Waals surface area (Å²) in [6.45, 7) is 1.54. The molecule has 0 bridgehead atoms. The van der Waals surface area contributed by atoms with E-state index in [1.165, 1.54) is 0 Å². The maximum Gasteiger partial charge on any atom is 0.235 e. The molecule has 5 nitrogen and oxygen atoms in total. The molecule has 1 N–H and O–H groups in total. The molecule has 1 heterocycles. The van der Waals surface area contributed by atoms with E-state index in [-0.39, 0.29) is 23.9 Å². The van der Waals surface area contributed by atoms with Crippen LogP contribution in [0.1, 0.15) is 6.42 Å². The van der Waals surface area contributed by atoms with Crippen LogP contribution in [0.4, 0.5) is 0 Å². The molecule has 0 aliphatic rings. The summed E-state index contributed by atoms with van der Waals surface area (Å²) in [7, 11) is 4.04. The van der Waals surface area contributed by atoms with Crippen LogP contribution < -0.4 is 10.2 Å². The van der Waals surface area contributed by atoms with Gasteiger partial charge in [-0.15, -0.1) is 12.4 Å². The number of fused-ring (bicyclic) bond motifs is 1. The number of hydrogen-bond donors (Lipinski definition) is 1. The van der Waals surface area contributed by atoms with Crippen molar-refractivity contribution in [3.63, 3.8) is 0 Å². The van der Waals surface area contributed by atoms with Gasteiger partial charge in [-0.1, -0.05) is 24.3 Å². The maximum absolute atomic E-state index is 12.3. The average molecular weight is 376 g/mol. The van der Waals surface area contributed by atoms with Crippen molar-refractivity contribution in [3.05, 3.63) is 58.8 Å². The number of para-hydroxylation sites is 1. The summed E-state index contributed by atoms with van der Waals surface area (Å²) in [5.41, 5.74) is 0.609. The van der Waals surface area contributed by atoms with Crippen molar-refractivity contribution < 1.29 is 14.3 Å². The SMILES string of the molecule is CN(C)CCCOc1cccc(-c2oc3ccccc3c(=O)c2O)c1.Cl. The van der Waals surface area contributed by atoms with Crippen molar-refractivity contribution in [1.29, 1.82) is 0 Å². The van der Waals surface area contributed by atoms with Crippen LogP contribution in [-0.4, -0.2) is 37.3 Å². The largest absolute Gasteiger partial charge is 0.502 e. The Bertz CT molecular complexity index is 936. The van der Waals surface area contributed by atoms with Gasteiger partial charge in [0.25, 0.3) is 0 Å². The molecule has 0 atom stereocenters. The monoisotopic (exact) mass is 375 g/mol. The number of halogens is 1. The van der Waals surface area contributed by atoms with E-state index >= 15 is 0 Å².